The Morgan fingerprint density at radius 3 is 2.50 bits per heavy atom. The van der Waals surface area contributed by atoms with Crippen LogP contribution in [0.25, 0.3) is 0 Å². The van der Waals surface area contributed by atoms with Crippen molar-refractivity contribution in [1.29, 1.82) is 0 Å². The quantitative estimate of drug-likeness (QED) is 0.805. The second kappa shape index (κ2) is 8.99. The summed E-state index contributed by atoms with van der Waals surface area (Å²) in [6.45, 7) is 2.77. The standard InChI is InChI=1S/C15H20ClF3N2O2.ClH/c1-23-13-9-10(8-11(16)14(13)22)12(2-3-15(17,18)19)21-6-4-20-5-7-21;/h8-9,12,20,22H,2-7H2,1H3;1H/t12-;/m0./s1. The summed E-state index contributed by atoms with van der Waals surface area (Å²) in [6.07, 6.45) is -5.15. The van der Waals surface area contributed by atoms with E-state index in [2.05, 4.69) is 5.32 Å². The topological polar surface area (TPSA) is 44.7 Å². The van der Waals surface area contributed by atoms with E-state index in [0.717, 1.165) is 13.1 Å². The third-order valence-electron chi connectivity index (χ3n) is 3.95. The molecule has 0 spiro atoms. The molecule has 2 rings (SSSR count). The van der Waals surface area contributed by atoms with Crippen LogP contribution in [0, 0.1) is 0 Å². The highest BCUT2D eigenvalue weighted by Crippen LogP contribution is 2.40. The molecular formula is C15H21Cl2F3N2O2. The molecule has 9 heteroatoms. The number of nitrogens with zero attached hydrogens (tertiary/aromatic N) is 1. The molecule has 2 N–H and O–H groups in total. The summed E-state index contributed by atoms with van der Waals surface area (Å²) in [5.74, 6) is -0.0348. The zero-order valence-electron chi connectivity index (χ0n) is 13.2. The fourth-order valence-electron chi connectivity index (χ4n) is 2.80. The van der Waals surface area contributed by atoms with Gasteiger partial charge in [-0.3, -0.25) is 4.90 Å². The summed E-state index contributed by atoms with van der Waals surface area (Å²) in [5, 5.41) is 13.1. The highest BCUT2D eigenvalue weighted by atomic mass is 35.5. The summed E-state index contributed by atoms with van der Waals surface area (Å²) in [4.78, 5) is 2.00. The molecule has 0 amide bonds. The lowest BCUT2D eigenvalue weighted by molar-refractivity contribution is -0.138. The molecule has 1 fully saturated rings. The molecule has 1 saturated heterocycles. The lowest BCUT2D eigenvalue weighted by Gasteiger charge is -2.35. The number of methoxy groups -OCH3 is 1. The monoisotopic (exact) mass is 388 g/mol. The molecule has 138 valence electrons. The number of hydrogen-bond donors (Lipinski definition) is 2. The van der Waals surface area contributed by atoms with Gasteiger partial charge in [0.1, 0.15) is 0 Å². The van der Waals surface area contributed by atoms with Gasteiger partial charge in [-0.05, 0) is 24.1 Å². The van der Waals surface area contributed by atoms with E-state index in [0.29, 0.717) is 18.7 Å². The lowest BCUT2D eigenvalue weighted by atomic mass is 9.98. The van der Waals surface area contributed by atoms with Gasteiger partial charge >= 0.3 is 6.18 Å². The van der Waals surface area contributed by atoms with Crippen LogP contribution >= 0.6 is 24.0 Å². The molecule has 1 aromatic carbocycles. The number of alkyl halides is 3. The average molecular weight is 389 g/mol. The van der Waals surface area contributed by atoms with Crippen LogP contribution in [0.1, 0.15) is 24.4 Å². The van der Waals surface area contributed by atoms with Crippen molar-refractivity contribution in [3.63, 3.8) is 0 Å². The third-order valence-corrected chi connectivity index (χ3v) is 4.24. The van der Waals surface area contributed by atoms with Gasteiger partial charge in [-0.15, -0.1) is 12.4 Å². The average Bonchev–Trinajstić information content (AvgIpc) is 2.50. The number of phenols is 1. The van der Waals surface area contributed by atoms with Gasteiger partial charge in [-0.25, -0.2) is 0 Å². The van der Waals surface area contributed by atoms with Crippen molar-refractivity contribution in [1.82, 2.24) is 10.2 Å². The maximum absolute atomic E-state index is 12.7. The van der Waals surface area contributed by atoms with Crippen molar-refractivity contribution in [2.45, 2.75) is 25.1 Å². The minimum Gasteiger partial charge on any atom is -0.503 e. The van der Waals surface area contributed by atoms with Crippen LogP contribution in [-0.2, 0) is 0 Å². The molecule has 1 aliphatic heterocycles. The molecule has 0 aliphatic carbocycles. The highest BCUT2D eigenvalue weighted by molar-refractivity contribution is 6.32. The first-order valence-corrected chi connectivity index (χ1v) is 7.77. The van der Waals surface area contributed by atoms with E-state index in [4.69, 9.17) is 16.3 Å². The van der Waals surface area contributed by atoms with Gasteiger partial charge in [0.25, 0.3) is 0 Å². The van der Waals surface area contributed by atoms with E-state index >= 15 is 0 Å². The number of rotatable bonds is 5. The number of aromatic hydroxyl groups is 1. The Morgan fingerprint density at radius 1 is 1.33 bits per heavy atom. The van der Waals surface area contributed by atoms with Crippen LogP contribution in [0.5, 0.6) is 11.5 Å². The largest absolute Gasteiger partial charge is 0.503 e. The van der Waals surface area contributed by atoms with Gasteiger partial charge < -0.3 is 15.2 Å². The summed E-state index contributed by atoms with van der Waals surface area (Å²) >= 11 is 5.99. The molecule has 1 aliphatic rings. The Bertz CT molecular complexity index is 538. The SMILES string of the molecule is COc1cc([C@H](CCC(F)(F)F)N2CCNCC2)cc(Cl)c1O.Cl. The zero-order valence-corrected chi connectivity index (χ0v) is 14.8. The van der Waals surface area contributed by atoms with Crippen LogP contribution in [0.3, 0.4) is 0 Å². The predicted octanol–water partition coefficient (Wildman–Crippen LogP) is 3.76. The number of nitrogens with one attached hydrogen (secondary N) is 1. The van der Waals surface area contributed by atoms with Crippen molar-refractivity contribution in [3.05, 3.63) is 22.7 Å². The van der Waals surface area contributed by atoms with Gasteiger partial charge in [-0.2, -0.15) is 13.2 Å². The lowest BCUT2D eigenvalue weighted by Crippen LogP contribution is -2.45. The fourth-order valence-corrected chi connectivity index (χ4v) is 3.02. The maximum Gasteiger partial charge on any atom is 0.389 e. The Labute approximate surface area is 150 Å². The molecule has 0 bridgehead atoms. The van der Waals surface area contributed by atoms with Crippen molar-refractivity contribution in [2.75, 3.05) is 33.3 Å². The number of benzene rings is 1. The van der Waals surface area contributed by atoms with Gasteiger partial charge in [0.2, 0.25) is 0 Å². The molecule has 0 aromatic heterocycles. The van der Waals surface area contributed by atoms with Crippen molar-refractivity contribution >= 4 is 24.0 Å². The highest BCUT2D eigenvalue weighted by Gasteiger charge is 2.32. The molecule has 1 atom stereocenters. The summed E-state index contributed by atoms with van der Waals surface area (Å²) < 4.78 is 43.1. The van der Waals surface area contributed by atoms with E-state index < -0.39 is 18.6 Å². The Hall–Kier alpha value is -0.890. The summed E-state index contributed by atoms with van der Waals surface area (Å²) in [5.41, 5.74) is 0.621. The first kappa shape index (κ1) is 21.2. The molecule has 0 radical (unpaired) electrons. The Kier molecular flexibility index (Phi) is 7.92. The second-order valence-electron chi connectivity index (χ2n) is 5.51. The van der Waals surface area contributed by atoms with E-state index in [1.165, 1.54) is 13.2 Å². The van der Waals surface area contributed by atoms with Crippen molar-refractivity contribution in [2.24, 2.45) is 0 Å². The maximum atomic E-state index is 12.7. The van der Waals surface area contributed by atoms with Crippen LogP contribution in [0.4, 0.5) is 13.2 Å². The van der Waals surface area contributed by atoms with E-state index in [1.807, 2.05) is 4.90 Å². The normalized spacial score (nSPS) is 17.2. The number of piperazine rings is 1. The van der Waals surface area contributed by atoms with Crippen LogP contribution < -0.4 is 10.1 Å². The van der Waals surface area contributed by atoms with Gasteiger partial charge in [-0.1, -0.05) is 11.6 Å². The minimum atomic E-state index is -4.21. The number of hydrogen-bond acceptors (Lipinski definition) is 4. The van der Waals surface area contributed by atoms with Gasteiger partial charge in [0.15, 0.2) is 11.5 Å². The van der Waals surface area contributed by atoms with E-state index in [9.17, 15) is 18.3 Å². The smallest absolute Gasteiger partial charge is 0.389 e. The first-order valence-electron chi connectivity index (χ1n) is 7.39. The summed E-state index contributed by atoms with van der Waals surface area (Å²) in [6, 6.07) is 2.65. The number of ether oxygens (including phenoxy) is 1. The second-order valence-corrected chi connectivity index (χ2v) is 5.92. The van der Waals surface area contributed by atoms with Crippen molar-refractivity contribution < 1.29 is 23.0 Å². The minimum absolute atomic E-state index is 0. The fraction of sp³-hybridized carbons (Fsp3) is 0.600. The van der Waals surface area contributed by atoms with Crippen molar-refractivity contribution in [3.8, 4) is 11.5 Å². The van der Waals surface area contributed by atoms with Crippen LogP contribution in [0.15, 0.2) is 12.1 Å². The van der Waals surface area contributed by atoms with E-state index in [1.54, 1.807) is 6.07 Å². The first-order chi connectivity index (χ1) is 10.8. The predicted molar refractivity (Wildman–Crippen MR) is 89.4 cm³/mol. The Balaban J connectivity index is 0.00000288. The molecule has 1 aromatic rings. The molecule has 0 unspecified atom stereocenters. The summed E-state index contributed by atoms with van der Waals surface area (Å²) in [7, 11) is 1.38. The molecule has 24 heavy (non-hydrogen) atoms. The van der Waals surface area contributed by atoms with Crippen LogP contribution in [0.2, 0.25) is 5.02 Å². The zero-order chi connectivity index (χ0) is 17.0. The number of phenolic OH excluding ortho intramolecular Hbond substituents is 1. The Morgan fingerprint density at radius 2 is 1.96 bits per heavy atom. The molecule has 1 heterocycles. The molecular weight excluding hydrogens is 368 g/mol. The van der Waals surface area contributed by atoms with Crippen LogP contribution in [-0.4, -0.2) is 49.5 Å². The van der Waals surface area contributed by atoms with E-state index in [-0.39, 0.29) is 35.3 Å². The van der Waals surface area contributed by atoms with Gasteiger partial charge in [0, 0.05) is 38.6 Å². The number of halogens is 5. The molecule has 4 nitrogen and oxygen atoms in total. The van der Waals surface area contributed by atoms with Gasteiger partial charge in [0.05, 0.1) is 12.1 Å². The molecule has 0 saturated carbocycles. The third kappa shape index (κ3) is 5.58.